The SMILES string of the molecule is Cc1cccc(C(N)c2cccc(Br)c2Cl)c1. The van der Waals surface area contributed by atoms with E-state index in [2.05, 4.69) is 35.0 Å². The molecular weight excluding hydrogens is 298 g/mol. The molecule has 0 radical (unpaired) electrons. The minimum absolute atomic E-state index is 0.195. The molecular formula is C14H13BrClN. The summed E-state index contributed by atoms with van der Waals surface area (Å²) >= 11 is 9.66. The highest BCUT2D eigenvalue weighted by atomic mass is 79.9. The van der Waals surface area contributed by atoms with Crippen molar-refractivity contribution < 1.29 is 0 Å². The number of halogens is 2. The lowest BCUT2D eigenvalue weighted by atomic mass is 9.98. The van der Waals surface area contributed by atoms with Gasteiger partial charge in [-0.15, -0.1) is 0 Å². The zero-order valence-corrected chi connectivity index (χ0v) is 11.8. The summed E-state index contributed by atoms with van der Waals surface area (Å²) < 4.78 is 0.875. The van der Waals surface area contributed by atoms with Gasteiger partial charge < -0.3 is 5.73 Å². The van der Waals surface area contributed by atoms with Gasteiger partial charge in [0.2, 0.25) is 0 Å². The summed E-state index contributed by atoms with van der Waals surface area (Å²) in [5, 5.41) is 0.682. The Kier molecular flexibility index (Phi) is 3.87. The summed E-state index contributed by atoms with van der Waals surface area (Å²) in [6.45, 7) is 2.05. The number of aryl methyl sites for hydroxylation is 1. The van der Waals surface area contributed by atoms with Crippen molar-refractivity contribution >= 4 is 27.5 Å². The van der Waals surface area contributed by atoms with Crippen molar-refractivity contribution in [2.45, 2.75) is 13.0 Å². The molecule has 1 atom stereocenters. The third kappa shape index (κ3) is 2.71. The Labute approximate surface area is 115 Å². The highest BCUT2D eigenvalue weighted by Crippen LogP contribution is 2.32. The standard InChI is InChI=1S/C14H13BrClN/c1-9-4-2-5-10(8-9)14(17)11-6-3-7-12(15)13(11)16/h2-8,14H,17H2,1H3. The molecule has 0 aliphatic carbocycles. The van der Waals surface area contributed by atoms with E-state index in [9.17, 15) is 0 Å². The van der Waals surface area contributed by atoms with Crippen molar-refractivity contribution in [2.24, 2.45) is 5.73 Å². The number of nitrogens with two attached hydrogens (primary N) is 1. The van der Waals surface area contributed by atoms with Gasteiger partial charge in [-0.25, -0.2) is 0 Å². The number of hydrogen-bond donors (Lipinski definition) is 1. The van der Waals surface area contributed by atoms with Crippen LogP contribution < -0.4 is 5.73 Å². The van der Waals surface area contributed by atoms with E-state index in [1.807, 2.05) is 30.3 Å². The Morgan fingerprint density at radius 1 is 1.18 bits per heavy atom. The van der Waals surface area contributed by atoms with Gasteiger partial charge in [-0.05, 0) is 40.0 Å². The molecule has 0 bridgehead atoms. The molecule has 0 aliphatic heterocycles. The molecule has 0 heterocycles. The smallest absolute Gasteiger partial charge is 0.0599 e. The third-order valence-corrected chi connectivity index (χ3v) is 4.03. The quantitative estimate of drug-likeness (QED) is 0.871. The lowest BCUT2D eigenvalue weighted by Crippen LogP contribution is -2.12. The first kappa shape index (κ1) is 12.6. The fourth-order valence-corrected chi connectivity index (χ4v) is 2.43. The Hall–Kier alpha value is -0.830. The van der Waals surface area contributed by atoms with Gasteiger partial charge in [-0.3, -0.25) is 0 Å². The third-order valence-electron chi connectivity index (χ3n) is 2.72. The molecule has 88 valence electrons. The second kappa shape index (κ2) is 5.21. The number of hydrogen-bond acceptors (Lipinski definition) is 1. The molecule has 0 aromatic heterocycles. The summed E-state index contributed by atoms with van der Waals surface area (Å²) in [5.74, 6) is 0. The van der Waals surface area contributed by atoms with Crippen LogP contribution in [0.2, 0.25) is 5.02 Å². The molecule has 0 aliphatic rings. The maximum Gasteiger partial charge on any atom is 0.0599 e. The minimum atomic E-state index is -0.195. The van der Waals surface area contributed by atoms with Gasteiger partial charge in [-0.1, -0.05) is 53.6 Å². The van der Waals surface area contributed by atoms with E-state index in [0.717, 1.165) is 15.6 Å². The van der Waals surface area contributed by atoms with E-state index in [1.54, 1.807) is 0 Å². The maximum absolute atomic E-state index is 6.25. The van der Waals surface area contributed by atoms with Crippen LogP contribution in [0.25, 0.3) is 0 Å². The molecule has 0 amide bonds. The summed E-state index contributed by atoms with van der Waals surface area (Å²) in [7, 11) is 0. The van der Waals surface area contributed by atoms with Crippen LogP contribution in [-0.2, 0) is 0 Å². The molecule has 0 saturated heterocycles. The zero-order valence-electron chi connectivity index (χ0n) is 9.45. The first-order valence-electron chi connectivity index (χ1n) is 5.35. The van der Waals surface area contributed by atoms with E-state index in [4.69, 9.17) is 17.3 Å². The molecule has 1 unspecified atom stereocenters. The van der Waals surface area contributed by atoms with E-state index in [-0.39, 0.29) is 6.04 Å². The number of rotatable bonds is 2. The van der Waals surface area contributed by atoms with Crippen LogP contribution in [0.3, 0.4) is 0 Å². The Balaban J connectivity index is 2.44. The normalized spacial score (nSPS) is 12.5. The van der Waals surface area contributed by atoms with Crippen molar-refractivity contribution in [3.05, 3.63) is 68.7 Å². The largest absolute Gasteiger partial charge is 0.320 e. The van der Waals surface area contributed by atoms with Gasteiger partial charge in [0.1, 0.15) is 0 Å². The van der Waals surface area contributed by atoms with Gasteiger partial charge in [0.05, 0.1) is 11.1 Å². The Morgan fingerprint density at radius 3 is 2.59 bits per heavy atom. The maximum atomic E-state index is 6.25. The van der Waals surface area contributed by atoms with Crippen LogP contribution in [0, 0.1) is 6.92 Å². The Bertz CT molecular complexity index is 539. The van der Waals surface area contributed by atoms with E-state index in [0.29, 0.717) is 5.02 Å². The molecule has 1 nitrogen and oxygen atoms in total. The van der Waals surface area contributed by atoms with Crippen LogP contribution in [-0.4, -0.2) is 0 Å². The van der Waals surface area contributed by atoms with Crippen molar-refractivity contribution in [1.29, 1.82) is 0 Å². The molecule has 0 spiro atoms. The summed E-state index contributed by atoms with van der Waals surface area (Å²) in [4.78, 5) is 0. The van der Waals surface area contributed by atoms with Crippen LogP contribution in [0.15, 0.2) is 46.9 Å². The van der Waals surface area contributed by atoms with Gasteiger partial charge in [0, 0.05) is 4.47 Å². The first-order valence-corrected chi connectivity index (χ1v) is 6.52. The summed E-state index contributed by atoms with van der Waals surface area (Å²) in [6.07, 6.45) is 0. The molecule has 2 rings (SSSR count). The average Bonchev–Trinajstić information content (AvgIpc) is 2.32. The van der Waals surface area contributed by atoms with Crippen LogP contribution in [0.4, 0.5) is 0 Å². The van der Waals surface area contributed by atoms with E-state index < -0.39 is 0 Å². The van der Waals surface area contributed by atoms with Crippen LogP contribution >= 0.6 is 27.5 Å². The average molecular weight is 311 g/mol. The van der Waals surface area contributed by atoms with Crippen molar-refractivity contribution in [3.8, 4) is 0 Å². The second-order valence-corrected chi connectivity index (χ2v) is 5.27. The van der Waals surface area contributed by atoms with Crippen molar-refractivity contribution in [2.75, 3.05) is 0 Å². The number of benzene rings is 2. The summed E-state index contributed by atoms with van der Waals surface area (Å²) in [5.41, 5.74) is 9.46. The van der Waals surface area contributed by atoms with E-state index in [1.165, 1.54) is 5.56 Å². The van der Waals surface area contributed by atoms with Crippen molar-refractivity contribution in [1.82, 2.24) is 0 Å². The van der Waals surface area contributed by atoms with Gasteiger partial charge in [0.15, 0.2) is 0 Å². The Morgan fingerprint density at radius 2 is 1.88 bits per heavy atom. The lowest BCUT2D eigenvalue weighted by molar-refractivity contribution is 0.869. The predicted molar refractivity (Wildman–Crippen MR) is 76.4 cm³/mol. The van der Waals surface area contributed by atoms with Crippen molar-refractivity contribution in [3.63, 3.8) is 0 Å². The fraction of sp³-hybridized carbons (Fsp3) is 0.143. The van der Waals surface area contributed by atoms with Gasteiger partial charge >= 0.3 is 0 Å². The van der Waals surface area contributed by atoms with Gasteiger partial charge in [-0.2, -0.15) is 0 Å². The highest BCUT2D eigenvalue weighted by Gasteiger charge is 2.13. The first-order chi connectivity index (χ1) is 8.09. The molecule has 17 heavy (non-hydrogen) atoms. The second-order valence-electron chi connectivity index (χ2n) is 4.03. The highest BCUT2D eigenvalue weighted by molar-refractivity contribution is 9.10. The lowest BCUT2D eigenvalue weighted by Gasteiger charge is -2.15. The molecule has 2 aromatic rings. The van der Waals surface area contributed by atoms with Crippen LogP contribution in [0.1, 0.15) is 22.7 Å². The molecule has 0 fully saturated rings. The van der Waals surface area contributed by atoms with Gasteiger partial charge in [0.25, 0.3) is 0 Å². The topological polar surface area (TPSA) is 26.0 Å². The molecule has 3 heteroatoms. The molecule has 2 N–H and O–H groups in total. The van der Waals surface area contributed by atoms with E-state index >= 15 is 0 Å². The molecule has 0 saturated carbocycles. The summed E-state index contributed by atoms with van der Waals surface area (Å²) in [6, 6.07) is 13.8. The fourth-order valence-electron chi connectivity index (χ4n) is 1.80. The monoisotopic (exact) mass is 309 g/mol. The molecule has 2 aromatic carbocycles. The zero-order chi connectivity index (χ0) is 12.4. The minimum Gasteiger partial charge on any atom is -0.320 e. The van der Waals surface area contributed by atoms with Crippen LogP contribution in [0.5, 0.6) is 0 Å². The predicted octanol–water partition coefficient (Wildman–Crippen LogP) is 4.46.